The molecule has 0 unspecified atom stereocenters. The van der Waals surface area contributed by atoms with Crippen LogP contribution < -0.4 is 14.4 Å². The van der Waals surface area contributed by atoms with Crippen molar-refractivity contribution in [3.63, 3.8) is 0 Å². The number of sulfonamides is 1. The predicted octanol–water partition coefficient (Wildman–Crippen LogP) is 4.33. The standard InChI is InChI=1S/C26H29N3O6S/c1-20(2)35-24-16-10-21(11-17-24)7-6-18-27-26(30)19-28(22-12-14-23(15-13-22)29(31)32)36(33,34)25-8-4-3-5-9-25/h3-5,8-17,20H,6-7,18-19H2,1-2H3,(H,27,30). The van der Waals surface area contributed by atoms with Gasteiger partial charge < -0.3 is 10.1 Å². The molecule has 0 aromatic heterocycles. The largest absolute Gasteiger partial charge is 0.491 e. The first-order valence-electron chi connectivity index (χ1n) is 11.5. The van der Waals surface area contributed by atoms with E-state index in [4.69, 9.17) is 4.74 Å². The highest BCUT2D eigenvalue weighted by molar-refractivity contribution is 7.92. The van der Waals surface area contributed by atoms with Gasteiger partial charge in [-0.2, -0.15) is 0 Å². The highest BCUT2D eigenvalue weighted by Gasteiger charge is 2.27. The Balaban J connectivity index is 1.64. The Hall–Kier alpha value is -3.92. The van der Waals surface area contributed by atoms with Crippen molar-refractivity contribution in [3.8, 4) is 5.75 Å². The molecule has 0 bridgehead atoms. The Bertz CT molecular complexity index is 1260. The maximum Gasteiger partial charge on any atom is 0.269 e. The third-order valence-electron chi connectivity index (χ3n) is 5.23. The third-order valence-corrected chi connectivity index (χ3v) is 7.01. The van der Waals surface area contributed by atoms with E-state index >= 15 is 0 Å². The minimum Gasteiger partial charge on any atom is -0.491 e. The van der Waals surface area contributed by atoms with Crippen molar-refractivity contribution >= 4 is 27.3 Å². The van der Waals surface area contributed by atoms with Gasteiger partial charge in [0, 0.05) is 18.7 Å². The van der Waals surface area contributed by atoms with Crippen LogP contribution in [0.3, 0.4) is 0 Å². The van der Waals surface area contributed by atoms with Crippen molar-refractivity contribution in [1.29, 1.82) is 0 Å². The highest BCUT2D eigenvalue weighted by Crippen LogP contribution is 2.25. The van der Waals surface area contributed by atoms with E-state index in [9.17, 15) is 23.3 Å². The maximum atomic E-state index is 13.3. The molecule has 0 aliphatic rings. The van der Waals surface area contributed by atoms with Gasteiger partial charge >= 0.3 is 0 Å². The number of benzene rings is 3. The van der Waals surface area contributed by atoms with Crippen LogP contribution >= 0.6 is 0 Å². The summed E-state index contributed by atoms with van der Waals surface area (Å²) in [5.41, 5.74) is 1.08. The summed E-state index contributed by atoms with van der Waals surface area (Å²) in [6, 6.07) is 20.5. The number of nitrogens with zero attached hydrogens (tertiary/aromatic N) is 2. The van der Waals surface area contributed by atoms with E-state index in [-0.39, 0.29) is 22.4 Å². The summed E-state index contributed by atoms with van der Waals surface area (Å²) in [4.78, 5) is 23.1. The Morgan fingerprint density at radius 1 is 1.00 bits per heavy atom. The summed E-state index contributed by atoms with van der Waals surface area (Å²) in [5, 5.41) is 13.8. The van der Waals surface area contributed by atoms with Gasteiger partial charge in [0.1, 0.15) is 12.3 Å². The highest BCUT2D eigenvalue weighted by atomic mass is 32.2. The lowest BCUT2D eigenvalue weighted by Gasteiger charge is -2.24. The van der Waals surface area contributed by atoms with Gasteiger partial charge in [0.15, 0.2) is 0 Å². The lowest BCUT2D eigenvalue weighted by molar-refractivity contribution is -0.384. The molecule has 0 fully saturated rings. The van der Waals surface area contributed by atoms with Crippen molar-refractivity contribution in [2.45, 2.75) is 37.7 Å². The number of anilines is 1. The van der Waals surface area contributed by atoms with E-state index in [1.807, 2.05) is 38.1 Å². The lowest BCUT2D eigenvalue weighted by Crippen LogP contribution is -2.41. The molecule has 0 heterocycles. The van der Waals surface area contributed by atoms with E-state index in [0.29, 0.717) is 13.0 Å². The van der Waals surface area contributed by atoms with Gasteiger partial charge in [-0.1, -0.05) is 30.3 Å². The van der Waals surface area contributed by atoms with Crippen molar-refractivity contribution in [3.05, 3.63) is 94.5 Å². The number of carbonyl (C=O) groups is 1. The molecule has 1 amide bonds. The summed E-state index contributed by atoms with van der Waals surface area (Å²) in [6.07, 6.45) is 1.50. The van der Waals surface area contributed by atoms with E-state index in [0.717, 1.165) is 22.0 Å². The first-order chi connectivity index (χ1) is 17.2. The fraction of sp³-hybridized carbons (Fsp3) is 0.269. The topological polar surface area (TPSA) is 119 Å². The molecule has 0 radical (unpaired) electrons. The fourth-order valence-corrected chi connectivity index (χ4v) is 4.93. The second-order valence-electron chi connectivity index (χ2n) is 8.36. The molecule has 10 heteroatoms. The average molecular weight is 512 g/mol. The van der Waals surface area contributed by atoms with E-state index < -0.39 is 27.4 Å². The number of aryl methyl sites for hydroxylation is 1. The Morgan fingerprint density at radius 2 is 1.64 bits per heavy atom. The molecule has 0 saturated carbocycles. The van der Waals surface area contributed by atoms with Gasteiger partial charge in [0.2, 0.25) is 5.91 Å². The fourth-order valence-electron chi connectivity index (χ4n) is 3.49. The van der Waals surface area contributed by atoms with Gasteiger partial charge in [0.25, 0.3) is 15.7 Å². The number of nitro benzene ring substituents is 1. The minimum absolute atomic E-state index is 0.0149. The summed E-state index contributed by atoms with van der Waals surface area (Å²) in [6.45, 7) is 3.83. The number of carbonyl (C=O) groups excluding carboxylic acids is 1. The van der Waals surface area contributed by atoms with Gasteiger partial charge in [-0.15, -0.1) is 0 Å². The molecular weight excluding hydrogens is 482 g/mol. The number of hydrogen-bond donors (Lipinski definition) is 1. The zero-order chi connectivity index (χ0) is 26.1. The zero-order valence-electron chi connectivity index (χ0n) is 20.2. The van der Waals surface area contributed by atoms with Crippen molar-refractivity contribution in [2.24, 2.45) is 0 Å². The van der Waals surface area contributed by atoms with Gasteiger partial charge in [-0.25, -0.2) is 8.42 Å². The number of nitro groups is 1. The molecule has 0 saturated heterocycles. The number of nitrogens with one attached hydrogen (secondary N) is 1. The average Bonchev–Trinajstić information content (AvgIpc) is 2.86. The molecule has 3 rings (SSSR count). The van der Waals surface area contributed by atoms with Gasteiger partial charge in [-0.3, -0.25) is 19.2 Å². The summed E-state index contributed by atoms with van der Waals surface area (Å²) >= 11 is 0. The quantitative estimate of drug-likeness (QED) is 0.220. The molecule has 9 nitrogen and oxygen atoms in total. The third kappa shape index (κ3) is 7.29. The Morgan fingerprint density at radius 3 is 2.22 bits per heavy atom. The number of ether oxygens (including phenoxy) is 1. The van der Waals surface area contributed by atoms with Gasteiger partial charge in [0.05, 0.1) is 21.6 Å². The van der Waals surface area contributed by atoms with Crippen LogP contribution in [0.1, 0.15) is 25.8 Å². The molecule has 36 heavy (non-hydrogen) atoms. The summed E-state index contributed by atoms with van der Waals surface area (Å²) in [5.74, 6) is 0.321. The number of rotatable bonds is 12. The van der Waals surface area contributed by atoms with Crippen LogP contribution in [0.4, 0.5) is 11.4 Å². The SMILES string of the molecule is CC(C)Oc1ccc(CCCNC(=O)CN(c2ccc([N+](=O)[O-])cc2)S(=O)(=O)c2ccccc2)cc1. The van der Waals surface area contributed by atoms with Crippen LogP contribution in [0.5, 0.6) is 5.75 Å². The van der Waals surface area contributed by atoms with Crippen molar-refractivity contribution < 1.29 is 22.9 Å². The summed E-state index contributed by atoms with van der Waals surface area (Å²) < 4.78 is 33.2. The number of amides is 1. The molecule has 0 atom stereocenters. The maximum absolute atomic E-state index is 13.3. The monoisotopic (exact) mass is 511 g/mol. The van der Waals surface area contributed by atoms with Crippen LogP contribution in [0, 0.1) is 10.1 Å². The Kier molecular flexibility index (Phi) is 9.02. The zero-order valence-corrected chi connectivity index (χ0v) is 21.0. The van der Waals surface area contributed by atoms with Crippen molar-refractivity contribution in [1.82, 2.24) is 5.32 Å². The summed E-state index contributed by atoms with van der Waals surface area (Å²) in [7, 11) is -4.08. The molecule has 3 aromatic rings. The van der Waals surface area contributed by atoms with Crippen LogP contribution in [0.2, 0.25) is 0 Å². The van der Waals surface area contributed by atoms with E-state index in [1.54, 1.807) is 18.2 Å². The molecule has 0 aliphatic carbocycles. The lowest BCUT2D eigenvalue weighted by atomic mass is 10.1. The first-order valence-corrected chi connectivity index (χ1v) is 13.0. The van der Waals surface area contributed by atoms with Gasteiger partial charge in [-0.05, 0) is 68.7 Å². The molecular formula is C26H29N3O6S. The molecule has 190 valence electrons. The first kappa shape index (κ1) is 26.7. The predicted molar refractivity (Wildman–Crippen MR) is 138 cm³/mol. The smallest absolute Gasteiger partial charge is 0.269 e. The molecule has 3 aromatic carbocycles. The van der Waals surface area contributed by atoms with Crippen LogP contribution in [-0.4, -0.2) is 38.4 Å². The van der Waals surface area contributed by atoms with Crippen LogP contribution in [0.25, 0.3) is 0 Å². The second kappa shape index (κ2) is 12.2. The minimum atomic E-state index is -4.08. The van der Waals surface area contributed by atoms with Crippen LogP contribution in [-0.2, 0) is 21.2 Å². The molecule has 0 spiro atoms. The molecule has 0 aliphatic heterocycles. The van der Waals surface area contributed by atoms with Crippen LogP contribution in [0.15, 0.2) is 83.8 Å². The number of hydrogen-bond acceptors (Lipinski definition) is 6. The molecule has 1 N–H and O–H groups in total. The van der Waals surface area contributed by atoms with E-state index in [1.165, 1.54) is 36.4 Å². The van der Waals surface area contributed by atoms with E-state index in [2.05, 4.69) is 5.32 Å². The Labute approximate surface area is 210 Å². The van der Waals surface area contributed by atoms with Crippen molar-refractivity contribution in [2.75, 3.05) is 17.4 Å². The number of non-ortho nitro benzene ring substituents is 1. The normalized spacial score (nSPS) is 11.2. The second-order valence-corrected chi connectivity index (χ2v) is 10.2.